The first-order chi connectivity index (χ1) is 10.2. The molecule has 1 aromatic carbocycles. The lowest BCUT2D eigenvalue weighted by Crippen LogP contribution is -2.02. The molecule has 112 valence electrons. The first-order valence-electron chi connectivity index (χ1n) is 7.08. The van der Waals surface area contributed by atoms with Gasteiger partial charge >= 0.3 is 0 Å². The van der Waals surface area contributed by atoms with Crippen molar-refractivity contribution in [3.63, 3.8) is 0 Å². The summed E-state index contributed by atoms with van der Waals surface area (Å²) in [5, 5.41) is 0.420. The summed E-state index contributed by atoms with van der Waals surface area (Å²) in [5.41, 5.74) is 0.721. The lowest BCUT2D eigenvalue weighted by molar-refractivity contribution is 0.300. The smallest absolute Gasteiger partial charge is 0.227 e. The highest BCUT2D eigenvalue weighted by molar-refractivity contribution is 6.30. The zero-order chi connectivity index (χ0) is 15.2. The van der Waals surface area contributed by atoms with Gasteiger partial charge in [0.1, 0.15) is 11.0 Å². The molecule has 0 radical (unpaired) electrons. The van der Waals surface area contributed by atoms with E-state index in [0.29, 0.717) is 41.4 Å². The molecule has 1 aromatic heterocycles. The second-order valence-electron chi connectivity index (χ2n) is 4.61. The lowest BCUT2D eigenvalue weighted by Gasteiger charge is -2.13. The van der Waals surface area contributed by atoms with Crippen LogP contribution in [0.3, 0.4) is 0 Å². The van der Waals surface area contributed by atoms with Crippen molar-refractivity contribution in [3.05, 3.63) is 40.8 Å². The molecular formula is C16H19ClN2O2. The van der Waals surface area contributed by atoms with Crippen LogP contribution < -0.4 is 9.47 Å². The molecular weight excluding hydrogens is 288 g/mol. The minimum Gasteiger partial charge on any atom is -0.490 e. The molecule has 5 heteroatoms. The fourth-order valence-electron chi connectivity index (χ4n) is 1.74. The minimum absolute atomic E-state index is 0.420. The summed E-state index contributed by atoms with van der Waals surface area (Å²) in [6.45, 7) is 6.52. The van der Waals surface area contributed by atoms with Gasteiger partial charge in [0, 0.05) is 12.0 Å². The second-order valence-corrected chi connectivity index (χ2v) is 4.97. The second kappa shape index (κ2) is 7.27. The van der Waals surface area contributed by atoms with Gasteiger partial charge < -0.3 is 9.47 Å². The number of rotatable bonds is 6. The molecule has 1 heterocycles. The molecule has 0 amide bonds. The third-order valence-electron chi connectivity index (χ3n) is 2.92. The number of aryl methyl sites for hydroxylation is 1. The first kappa shape index (κ1) is 15.6. The van der Waals surface area contributed by atoms with Crippen LogP contribution in [0.5, 0.6) is 17.4 Å². The standard InChI is InChI=1S/C16H19ClN2O2/c1-4-10-20-12-8-6-7-9-13(12)21-16-11(3)15(17)18-14(5-2)19-16/h6-9H,4-5,10H2,1-3H3. The maximum Gasteiger partial charge on any atom is 0.227 e. The molecule has 0 aliphatic rings. The minimum atomic E-state index is 0.420. The van der Waals surface area contributed by atoms with Gasteiger partial charge in [-0.25, -0.2) is 4.98 Å². The Morgan fingerprint density at radius 2 is 1.81 bits per heavy atom. The molecule has 4 nitrogen and oxygen atoms in total. The van der Waals surface area contributed by atoms with Gasteiger partial charge in [0.2, 0.25) is 5.88 Å². The Balaban J connectivity index is 2.32. The zero-order valence-corrected chi connectivity index (χ0v) is 13.3. The highest BCUT2D eigenvalue weighted by atomic mass is 35.5. The monoisotopic (exact) mass is 306 g/mol. The van der Waals surface area contributed by atoms with Crippen LogP contribution >= 0.6 is 11.6 Å². The van der Waals surface area contributed by atoms with Crippen molar-refractivity contribution in [3.8, 4) is 17.4 Å². The predicted molar refractivity (Wildman–Crippen MR) is 83.5 cm³/mol. The Hall–Kier alpha value is -1.81. The molecule has 0 unspecified atom stereocenters. The molecule has 0 fully saturated rings. The number of nitrogens with zero attached hydrogens (tertiary/aromatic N) is 2. The Morgan fingerprint density at radius 3 is 2.48 bits per heavy atom. The van der Waals surface area contributed by atoms with E-state index in [0.717, 1.165) is 12.0 Å². The summed E-state index contributed by atoms with van der Waals surface area (Å²) in [4.78, 5) is 8.60. The zero-order valence-electron chi connectivity index (χ0n) is 12.5. The Morgan fingerprint density at radius 1 is 1.10 bits per heavy atom. The summed E-state index contributed by atoms with van der Waals surface area (Å²) < 4.78 is 11.6. The Kier molecular flexibility index (Phi) is 5.39. The van der Waals surface area contributed by atoms with Gasteiger partial charge in [-0.2, -0.15) is 4.98 Å². The molecule has 0 aliphatic carbocycles. The molecule has 0 aliphatic heterocycles. The highest BCUT2D eigenvalue weighted by Gasteiger charge is 2.13. The van der Waals surface area contributed by atoms with Gasteiger partial charge in [0.25, 0.3) is 0 Å². The quantitative estimate of drug-likeness (QED) is 0.733. The van der Waals surface area contributed by atoms with Crippen molar-refractivity contribution >= 4 is 11.6 Å². The summed E-state index contributed by atoms with van der Waals surface area (Å²) in [6, 6.07) is 7.54. The van der Waals surface area contributed by atoms with Crippen molar-refractivity contribution in [2.75, 3.05) is 6.61 Å². The van der Waals surface area contributed by atoms with Gasteiger partial charge in [0.05, 0.1) is 6.61 Å². The Labute approximate surface area is 130 Å². The summed E-state index contributed by atoms with van der Waals surface area (Å²) in [7, 11) is 0. The van der Waals surface area contributed by atoms with Gasteiger partial charge in [-0.05, 0) is 25.5 Å². The highest BCUT2D eigenvalue weighted by Crippen LogP contribution is 2.33. The van der Waals surface area contributed by atoms with Crippen LogP contribution in [0.15, 0.2) is 24.3 Å². The van der Waals surface area contributed by atoms with Crippen LogP contribution in [0.4, 0.5) is 0 Å². The number of hydrogen-bond donors (Lipinski definition) is 0. The van der Waals surface area contributed by atoms with Crippen LogP contribution in [0, 0.1) is 6.92 Å². The van der Waals surface area contributed by atoms with Crippen molar-refractivity contribution in [2.45, 2.75) is 33.6 Å². The number of aromatic nitrogens is 2. The van der Waals surface area contributed by atoms with Crippen molar-refractivity contribution in [2.24, 2.45) is 0 Å². The van der Waals surface area contributed by atoms with Crippen LogP contribution in [0.25, 0.3) is 0 Å². The third-order valence-corrected chi connectivity index (χ3v) is 3.29. The fourth-order valence-corrected chi connectivity index (χ4v) is 1.92. The molecule has 0 saturated heterocycles. The topological polar surface area (TPSA) is 44.2 Å². The van der Waals surface area contributed by atoms with Crippen LogP contribution in [0.2, 0.25) is 5.15 Å². The van der Waals surface area contributed by atoms with E-state index in [9.17, 15) is 0 Å². The normalized spacial score (nSPS) is 10.5. The van der Waals surface area contributed by atoms with Crippen LogP contribution in [-0.4, -0.2) is 16.6 Å². The number of ether oxygens (including phenoxy) is 2. The molecule has 21 heavy (non-hydrogen) atoms. The van der Waals surface area contributed by atoms with Gasteiger partial charge in [-0.1, -0.05) is 37.6 Å². The summed E-state index contributed by atoms with van der Waals surface area (Å²) in [5.74, 6) is 2.46. The SMILES string of the molecule is CCCOc1ccccc1Oc1nc(CC)nc(Cl)c1C. The molecule has 0 bridgehead atoms. The van der Waals surface area contributed by atoms with Gasteiger partial charge in [-0.15, -0.1) is 0 Å². The third kappa shape index (κ3) is 3.85. The fraction of sp³-hybridized carbons (Fsp3) is 0.375. The molecule has 2 rings (SSSR count). The summed E-state index contributed by atoms with van der Waals surface area (Å²) in [6.07, 6.45) is 1.64. The average Bonchev–Trinajstić information content (AvgIpc) is 2.50. The van der Waals surface area contributed by atoms with E-state index in [4.69, 9.17) is 21.1 Å². The van der Waals surface area contributed by atoms with E-state index in [1.807, 2.05) is 38.1 Å². The number of hydrogen-bond acceptors (Lipinski definition) is 4. The maximum atomic E-state index is 6.13. The summed E-state index contributed by atoms with van der Waals surface area (Å²) >= 11 is 6.13. The van der Waals surface area contributed by atoms with Crippen LogP contribution in [0.1, 0.15) is 31.7 Å². The van der Waals surface area contributed by atoms with E-state index < -0.39 is 0 Å². The van der Waals surface area contributed by atoms with E-state index >= 15 is 0 Å². The van der Waals surface area contributed by atoms with E-state index in [-0.39, 0.29) is 0 Å². The van der Waals surface area contributed by atoms with E-state index in [1.165, 1.54) is 0 Å². The molecule has 0 saturated carbocycles. The Bertz CT molecular complexity index is 617. The lowest BCUT2D eigenvalue weighted by atomic mass is 10.3. The van der Waals surface area contributed by atoms with Gasteiger partial charge in [0.15, 0.2) is 11.5 Å². The molecule has 0 spiro atoms. The first-order valence-corrected chi connectivity index (χ1v) is 7.46. The molecule has 2 aromatic rings. The molecule has 0 atom stereocenters. The van der Waals surface area contributed by atoms with Crippen LogP contribution in [-0.2, 0) is 6.42 Å². The van der Waals surface area contributed by atoms with E-state index in [1.54, 1.807) is 0 Å². The molecule has 0 N–H and O–H groups in total. The number of benzene rings is 1. The van der Waals surface area contributed by atoms with Gasteiger partial charge in [-0.3, -0.25) is 0 Å². The van der Waals surface area contributed by atoms with Crippen molar-refractivity contribution < 1.29 is 9.47 Å². The largest absolute Gasteiger partial charge is 0.490 e. The number of halogens is 1. The van der Waals surface area contributed by atoms with Crippen molar-refractivity contribution in [1.29, 1.82) is 0 Å². The van der Waals surface area contributed by atoms with Crippen molar-refractivity contribution in [1.82, 2.24) is 9.97 Å². The van der Waals surface area contributed by atoms with E-state index in [2.05, 4.69) is 16.9 Å². The maximum absolute atomic E-state index is 6.13. The number of para-hydroxylation sites is 2. The average molecular weight is 307 g/mol. The predicted octanol–water partition coefficient (Wildman–Crippen LogP) is 4.58.